The number of anilines is 1. The summed E-state index contributed by atoms with van der Waals surface area (Å²) in [6.07, 6.45) is 1.74. The molecule has 5 rings (SSSR count). The molecule has 3 aromatic carbocycles. The van der Waals surface area contributed by atoms with Crippen molar-refractivity contribution in [3.63, 3.8) is 0 Å². The van der Waals surface area contributed by atoms with Crippen LogP contribution in [0.1, 0.15) is 45.9 Å². The summed E-state index contributed by atoms with van der Waals surface area (Å²) >= 11 is 1.66. The van der Waals surface area contributed by atoms with Crippen LogP contribution in [0.2, 0.25) is 0 Å². The van der Waals surface area contributed by atoms with E-state index in [9.17, 15) is 9.90 Å². The van der Waals surface area contributed by atoms with E-state index < -0.39 is 6.29 Å². The summed E-state index contributed by atoms with van der Waals surface area (Å²) in [6.45, 7) is 0.00798. The fourth-order valence-corrected chi connectivity index (χ4v) is 5.03. The van der Waals surface area contributed by atoms with E-state index in [4.69, 9.17) is 9.47 Å². The number of ether oxygens (including phenoxy) is 2. The summed E-state index contributed by atoms with van der Waals surface area (Å²) in [5.74, 6) is 0.587. The molecule has 1 aliphatic rings. The number of carbonyl (C=O) groups is 1. The molecular weight excluding hydrogens is 484 g/mol. The first-order valence-electron chi connectivity index (χ1n) is 12.2. The van der Waals surface area contributed by atoms with Gasteiger partial charge in [0.15, 0.2) is 6.29 Å². The smallest absolute Gasteiger partial charge is 0.255 e. The molecule has 3 atom stereocenters. The van der Waals surface area contributed by atoms with E-state index in [2.05, 4.69) is 10.3 Å². The largest absolute Gasteiger partial charge is 0.392 e. The fraction of sp³-hybridized carbons (Fsp3) is 0.200. The van der Waals surface area contributed by atoms with Crippen LogP contribution in [0, 0.1) is 0 Å². The number of pyridine rings is 1. The number of aliphatic hydroxyl groups is 1. The first kappa shape index (κ1) is 25.2. The second-order valence-electron chi connectivity index (χ2n) is 8.77. The van der Waals surface area contributed by atoms with Crippen molar-refractivity contribution in [3.05, 3.63) is 126 Å². The number of rotatable bonds is 8. The topological polar surface area (TPSA) is 80.7 Å². The average Bonchev–Trinajstić information content (AvgIpc) is 2.97. The van der Waals surface area contributed by atoms with Gasteiger partial charge in [0.2, 0.25) is 0 Å². The number of aromatic nitrogens is 1. The second kappa shape index (κ2) is 12.2. The molecule has 188 valence electrons. The minimum Gasteiger partial charge on any atom is -0.392 e. The van der Waals surface area contributed by atoms with Gasteiger partial charge < -0.3 is 19.9 Å². The zero-order valence-electron chi connectivity index (χ0n) is 20.2. The number of carbonyl (C=O) groups excluding carboxylic acids is 1. The Kier molecular flexibility index (Phi) is 8.28. The van der Waals surface area contributed by atoms with Crippen molar-refractivity contribution in [2.45, 2.75) is 36.6 Å². The highest BCUT2D eigenvalue weighted by molar-refractivity contribution is 7.99. The Labute approximate surface area is 220 Å². The molecule has 2 heterocycles. The third-order valence-corrected chi connectivity index (χ3v) is 7.22. The second-order valence-corrected chi connectivity index (χ2v) is 9.81. The molecule has 1 aliphatic heterocycles. The number of thioether (sulfide) groups is 1. The van der Waals surface area contributed by atoms with Crippen LogP contribution in [0.3, 0.4) is 0 Å². The first-order chi connectivity index (χ1) is 18.2. The number of hydrogen-bond donors (Lipinski definition) is 2. The Balaban J connectivity index is 1.31. The molecule has 0 radical (unpaired) electrons. The van der Waals surface area contributed by atoms with Crippen LogP contribution in [0.4, 0.5) is 5.69 Å². The molecule has 0 saturated carbocycles. The minimum absolute atomic E-state index is 0.00798. The highest BCUT2D eigenvalue weighted by Gasteiger charge is 2.32. The zero-order chi connectivity index (χ0) is 25.5. The number of aliphatic hydroxyl groups excluding tert-OH is 1. The molecule has 37 heavy (non-hydrogen) atoms. The van der Waals surface area contributed by atoms with Crippen LogP contribution in [0.25, 0.3) is 0 Å². The predicted molar refractivity (Wildman–Crippen MR) is 144 cm³/mol. The number of benzene rings is 3. The maximum atomic E-state index is 12.5. The third kappa shape index (κ3) is 6.64. The van der Waals surface area contributed by atoms with Crippen molar-refractivity contribution in [1.29, 1.82) is 0 Å². The van der Waals surface area contributed by atoms with Gasteiger partial charge in [-0.05, 0) is 47.5 Å². The van der Waals surface area contributed by atoms with Gasteiger partial charge in [-0.1, -0.05) is 60.7 Å². The van der Waals surface area contributed by atoms with E-state index in [0.717, 1.165) is 27.5 Å². The molecule has 2 N–H and O–H groups in total. The minimum atomic E-state index is -0.551. The van der Waals surface area contributed by atoms with Gasteiger partial charge in [0.1, 0.15) is 0 Å². The maximum absolute atomic E-state index is 12.5. The summed E-state index contributed by atoms with van der Waals surface area (Å²) in [4.78, 5) is 16.9. The van der Waals surface area contributed by atoms with Gasteiger partial charge in [-0.2, -0.15) is 0 Å². The highest BCUT2D eigenvalue weighted by Crippen LogP contribution is 2.39. The number of amides is 1. The zero-order valence-corrected chi connectivity index (χ0v) is 21.0. The summed E-state index contributed by atoms with van der Waals surface area (Å²) < 4.78 is 12.8. The molecule has 0 aliphatic carbocycles. The molecular formula is C30H28N2O4S. The first-order valence-corrected chi connectivity index (χ1v) is 13.2. The lowest BCUT2D eigenvalue weighted by atomic mass is 10.0. The molecule has 6 nitrogen and oxygen atoms in total. The Hall–Kier alpha value is -3.49. The number of nitrogens with one attached hydrogen (secondary N) is 1. The third-order valence-electron chi connectivity index (χ3n) is 6.15. The quantitative estimate of drug-likeness (QED) is 0.275. The molecule has 4 aromatic rings. The lowest BCUT2D eigenvalue weighted by Crippen LogP contribution is -2.31. The van der Waals surface area contributed by atoms with Gasteiger partial charge in [-0.25, -0.2) is 4.98 Å². The summed E-state index contributed by atoms with van der Waals surface area (Å²) in [5, 5.41) is 13.3. The van der Waals surface area contributed by atoms with Gasteiger partial charge in [-0.15, -0.1) is 11.8 Å². The van der Waals surface area contributed by atoms with Gasteiger partial charge >= 0.3 is 0 Å². The van der Waals surface area contributed by atoms with Crippen molar-refractivity contribution in [2.24, 2.45) is 0 Å². The van der Waals surface area contributed by atoms with Crippen molar-refractivity contribution in [2.75, 3.05) is 11.1 Å². The summed E-state index contributed by atoms with van der Waals surface area (Å²) in [6, 6.07) is 30.4. The van der Waals surface area contributed by atoms with Gasteiger partial charge in [0, 0.05) is 35.2 Å². The Morgan fingerprint density at radius 2 is 1.62 bits per heavy atom. The fourth-order valence-electron chi connectivity index (χ4n) is 4.15. The van der Waals surface area contributed by atoms with Crippen LogP contribution in [0.5, 0.6) is 0 Å². The van der Waals surface area contributed by atoms with E-state index in [-0.39, 0.29) is 24.7 Å². The molecule has 0 bridgehead atoms. The van der Waals surface area contributed by atoms with Crippen LogP contribution in [-0.2, 0) is 16.1 Å². The van der Waals surface area contributed by atoms with Crippen molar-refractivity contribution >= 4 is 23.4 Å². The Morgan fingerprint density at radius 1 is 0.892 bits per heavy atom. The summed E-state index contributed by atoms with van der Waals surface area (Å²) in [7, 11) is 0. The molecule has 1 amide bonds. The molecule has 1 saturated heterocycles. The molecule has 0 unspecified atom stereocenters. The normalized spacial score (nSPS) is 19.3. The molecule has 1 fully saturated rings. The maximum Gasteiger partial charge on any atom is 0.255 e. The molecule has 1 aromatic heterocycles. The summed E-state index contributed by atoms with van der Waals surface area (Å²) in [5.41, 5.74) is 4.09. The lowest BCUT2D eigenvalue weighted by Gasteiger charge is -2.36. The van der Waals surface area contributed by atoms with E-state index in [0.29, 0.717) is 17.7 Å². The predicted octanol–water partition coefficient (Wildman–Crippen LogP) is 6.16. The van der Waals surface area contributed by atoms with Crippen LogP contribution >= 0.6 is 11.8 Å². The van der Waals surface area contributed by atoms with E-state index in [1.165, 1.54) is 0 Å². The van der Waals surface area contributed by atoms with Gasteiger partial charge in [0.05, 0.1) is 23.8 Å². The van der Waals surface area contributed by atoms with Crippen molar-refractivity contribution in [1.82, 2.24) is 4.98 Å². The van der Waals surface area contributed by atoms with E-state index in [1.807, 2.05) is 84.9 Å². The lowest BCUT2D eigenvalue weighted by molar-refractivity contribution is -0.245. The standard InChI is InChI=1S/C30H28N2O4S/c33-19-21-9-11-22(12-10-21)27-18-26(20-37-28-8-4-5-17-31-28)35-30(36-27)24-13-15-25(16-14-24)32-29(34)23-6-2-1-3-7-23/h1-17,26-27,30,33H,18-20H2,(H,32,34)/t26-,27+,30+/m0/s1. The van der Waals surface area contributed by atoms with E-state index in [1.54, 1.807) is 30.1 Å². The Bertz CT molecular complexity index is 1280. The highest BCUT2D eigenvalue weighted by atomic mass is 32.2. The van der Waals surface area contributed by atoms with Crippen LogP contribution < -0.4 is 5.32 Å². The van der Waals surface area contributed by atoms with Crippen LogP contribution in [0.15, 0.2) is 108 Å². The average molecular weight is 513 g/mol. The molecule has 0 spiro atoms. The van der Waals surface area contributed by atoms with Gasteiger partial charge in [-0.3, -0.25) is 4.79 Å². The Morgan fingerprint density at radius 3 is 2.32 bits per heavy atom. The number of hydrogen-bond acceptors (Lipinski definition) is 6. The monoisotopic (exact) mass is 512 g/mol. The van der Waals surface area contributed by atoms with Crippen molar-refractivity contribution < 1.29 is 19.4 Å². The molecule has 7 heteroatoms. The van der Waals surface area contributed by atoms with Crippen LogP contribution in [-0.4, -0.2) is 27.9 Å². The van der Waals surface area contributed by atoms with E-state index >= 15 is 0 Å². The number of nitrogens with zero attached hydrogens (tertiary/aromatic N) is 1. The van der Waals surface area contributed by atoms with Gasteiger partial charge in [0.25, 0.3) is 5.91 Å². The van der Waals surface area contributed by atoms with Crippen molar-refractivity contribution in [3.8, 4) is 0 Å². The SMILES string of the molecule is O=C(Nc1ccc([C@@H]2O[C@H](CSc3ccccn3)C[C@H](c3ccc(CO)cc3)O2)cc1)c1ccccc1.